The maximum absolute atomic E-state index is 11.8. The number of hydrogen-bond donors (Lipinski definition) is 2. The lowest BCUT2D eigenvalue weighted by Gasteiger charge is -2.39. The van der Waals surface area contributed by atoms with Gasteiger partial charge >= 0.3 is 0 Å². The number of nitrogens with one attached hydrogen (secondary N) is 1. The van der Waals surface area contributed by atoms with Crippen LogP contribution in [0.25, 0.3) is 0 Å². The van der Waals surface area contributed by atoms with E-state index in [1.54, 1.807) is 7.11 Å². The van der Waals surface area contributed by atoms with Gasteiger partial charge in [0.05, 0.1) is 13.2 Å². The van der Waals surface area contributed by atoms with Crippen LogP contribution in [-0.4, -0.2) is 56.2 Å². The predicted molar refractivity (Wildman–Crippen MR) is 74.5 cm³/mol. The van der Waals surface area contributed by atoms with Gasteiger partial charge in [-0.15, -0.1) is 0 Å². The largest absolute Gasteiger partial charge is 0.383 e. The second kappa shape index (κ2) is 9.30. The second-order valence-electron chi connectivity index (χ2n) is 4.82. The van der Waals surface area contributed by atoms with Crippen molar-refractivity contribution in [3.8, 4) is 0 Å². The average Bonchev–Trinajstić information content (AvgIpc) is 2.37. The van der Waals surface area contributed by atoms with Crippen LogP contribution < -0.4 is 11.1 Å². The average molecular weight is 259 g/mol. The minimum absolute atomic E-state index is 0.0358. The third-order valence-corrected chi connectivity index (χ3v) is 3.42. The molecule has 18 heavy (non-hydrogen) atoms. The molecule has 0 saturated heterocycles. The number of nitrogens with zero attached hydrogens (tertiary/aromatic N) is 1. The van der Waals surface area contributed by atoms with Gasteiger partial charge in [-0.3, -0.25) is 9.69 Å². The number of carbonyl (C=O) groups excluding carboxylic acids is 1. The Labute approximate surface area is 111 Å². The van der Waals surface area contributed by atoms with E-state index in [0.29, 0.717) is 26.2 Å². The molecule has 5 heteroatoms. The molecule has 0 fully saturated rings. The van der Waals surface area contributed by atoms with Gasteiger partial charge in [-0.25, -0.2) is 0 Å². The van der Waals surface area contributed by atoms with E-state index in [9.17, 15) is 4.79 Å². The molecule has 0 rings (SSSR count). The molecule has 0 aromatic heterocycles. The topological polar surface area (TPSA) is 67.6 Å². The minimum atomic E-state index is -0.103. The molecular formula is C13H29N3O2. The van der Waals surface area contributed by atoms with Crippen LogP contribution in [0, 0.1) is 0 Å². The zero-order valence-electron chi connectivity index (χ0n) is 12.3. The molecular weight excluding hydrogens is 230 g/mol. The Morgan fingerprint density at radius 1 is 1.44 bits per heavy atom. The highest BCUT2D eigenvalue weighted by molar-refractivity contribution is 5.78. The summed E-state index contributed by atoms with van der Waals surface area (Å²) in [6, 6.07) is 0. The van der Waals surface area contributed by atoms with Crippen LogP contribution in [0.5, 0.6) is 0 Å². The van der Waals surface area contributed by atoms with Crippen LogP contribution in [0.1, 0.15) is 33.6 Å². The first-order chi connectivity index (χ1) is 8.53. The highest BCUT2D eigenvalue weighted by Gasteiger charge is 2.29. The fourth-order valence-electron chi connectivity index (χ4n) is 1.83. The zero-order valence-corrected chi connectivity index (χ0v) is 12.3. The number of hydrogen-bond acceptors (Lipinski definition) is 4. The Morgan fingerprint density at radius 2 is 2.11 bits per heavy atom. The van der Waals surface area contributed by atoms with Crippen molar-refractivity contribution in [1.82, 2.24) is 10.2 Å². The molecule has 5 nitrogen and oxygen atoms in total. The van der Waals surface area contributed by atoms with Crippen molar-refractivity contribution in [1.29, 1.82) is 0 Å². The normalized spacial score (nSPS) is 14.6. The maximum atomic E-state index is 11.8. The number of rotatable bonds is 10. The summed E-state index contributed by atoms with van der Waals surface area (Å²) in [4.78, 5) is 14.0. The van der Waals surface area contributed by atoms with Crippen molar-refractivity contribution < 1.29 is 9.53 Å². The van der Waals surface area contributed by atoms with E-state index in [1.807, 2.05) is 0 Å². The van der Waals surface area contributed by atoms with Gasteiger partial charge in [-0.05, 0) is 26.3 Å². The first-order valence-electron chi connectivity index (χ1n) is 6.74. The molecule has 0 aliphatic heterocycles. The first kappa shape index (κ1) is 17.4. The summed E-state index contributed by atoms with van der Waals surface area (Å²) in [6.07, 6.45) is 1.95. The van der Waals surface area contributed by atoms with E-state index in [1.165, 1.54) is 0 Å². The molecule has 0 aromatic carbocycles. The summed E-state index contributed by atoms with van der Waals surface area (Å²) in [5, 5.41) is 2.85. The van der Waals surface area contributed by atoms with Gasteiger partial charge in [0.1, 0.15) is 0 Å². The summed E-state index contributed by atoms with van der Waals surface area (Å²) in [7, 11) is 1.62. The second-order valence-corrected chi connectivity index (χ2v) is 4.82. The highest BCUT2D eigenvalue weighted by Crippen LogP contribution is 2.17. The van der Waals surface area contributed by atoms with Gasteiger partial charge in [-0.1, -0.05) is 13.8 Å². The molecule has 0 aromatic rings. The zero-order chi connectivity index (χ0) is 14.0. The van der Waals surface area contributed by atoms with Crippen molar-refractivity contribution in [2.75, 3.05) is 39.9 Å². The molecule has 0 spiro atoms. The predicted octanol–water partition coefficient (Wildman–Crippen LogP) is 0.588. The van der Waals surface area contributed by atoms with E-state index in [0.717, 1.165) is 19.4 Å². The Hall–Kier alpha value is -0.650. The van der Waals surface area contributed by atoms with E-state index in [2.05, 4.69) is 31.0 Å². The molecule has 0 radical (unpaired) electrons. The van der Waals surface area contributed by atoms with E-state index in [4.69, 9.17) is 10.5 Å². The Kier molecular flexibility index (Phi) is 8.97. The van der Waals surface area contributed by atoms with Gasteiger partial charge in [-0.2, -0.15) is 0 Å². The molecule has 0 heterocycles. The number of methoxy groups -OCH3 is 1. The van der Waals surface area contributed by atoms with Crippen molar-refractivity contribution in [2.45, 2.75) is 39.2 Å². The maximum Gasteiger partial charge on any atom is 0.234 e. The van der Waals surface area contributed by atoms with Crippen LogP contribution in [-0.2, 0) is 9.53 Å². The summed E-state index contributed by atoms with van der Waals surface area (Å²) >= 11 is 0. The molecule has 0 bridgehead atoms. The van der Waals surface area contributed by atoms with E-state index in [-0.39, 0.29) is 11.4 Å². The lowest BCUT2D eigenvalue weighted by molar-refractivity contribution is -0.124. The number of amides is 1. The standard InChI is InChI=1S/C13H29N3O2/c1-5-8-16(13(3,6-2)11-14)10-12(17)15-7-9-18-4/h5-11,14H2,1-4H3,(H,15,17). The van der Waals surface area contributed by atoms with Crippen molar-refractivity contribution in [2.24, 2.45) is 5.73 Å². The lowest BCUT2D eigenvalue weighted by atomic mass is 9.96. The van der Waals surface area contributed by atoms with Crippen molar-refractivity contribution in [3.05, 3.63) is 0 Å². The molecule has 1 unspecified atom stereocenters. The van der Waals surface area contributed by atoms with Crippen molar-refractivity contribution in [3.63, 3.8) is 0 Å². The van der Waals surface area contributed by atoms with Gasteiger partial charge in [0, 0.05) is 25.7 Å². The summed E-state index contributed by atoms with van der Waals surface area (Å²) in [5.41, 5.74) is 5.75. The Morgan fingerprint density at radius 3 is 2.56 bits per heavy atom. The summed E-state index contributed by atoms with van der Waals surface area (Å²) in [6.45, 7) is 9.29. The van der Waals surface area contributed by atoms with Crippen LogP contribution in [0.4, 0.5) is 0 Å². The molecule has 0 aliphatic rings. The highest BCUT2D eigenvalue weighted by atomic mass is 16.5. The number of nitrogens with two attached hydrogens (primary N) is 1. The Bertz CT molecular complexity index is 230. The van der Waals surface area contributed by atoms with Gasteiger partial charge in [0.2, 0.25) is 5.91 Å². The molecule has 0 aliphatic carbocycles. The summed E-state index contributed by atoms with van der Waals surface area (Å²) < 4.78 is 4.91. The van der Waals surface area contributed by atoms with Gasteiger partial charge < -0.3 is 15.8 Å². The van der Waals surface area contributed by atoms with Gasteiger partial charge in [0.15, 0.2) is 0 Å². The van der Waals surface area contributed by atoms with Crippen LogP contribution in [0.2, 0.25) is 0 Å². The van der Waals surface area contributed by atoms with Crippen LogP contribution in [0.3, 0.4) is 0 Å². The molecule has 3 N–H and O–H groups in total. The van der Waals surface area contributed by atoms with E-state index < -0.39 is 0 Å². The quantitative estimate of drug-likeness (QED) is 0.563. The summed E-state index contributed by atoms with van der Waals surface area (Å²) in [5.74, 6) is 0.0358. The molecule has 108 valence electrons. The fourth-order valence-corrected chi connectivity index (χ4v) is 1.83. The minimum Gasteiger partial charge on any atom is -0.383 e. The van der Waals surface area contributed by atoms with E-state index >= 15 is 0 Å². The molecule has 1 atom stereocenters. The third-order valence-electron chi connectivity index (χ3n) is 3.42. The fraction of sp³-hybridized carbons (Fsp3) is 0.923. The third kappa shape index (κ3) is 5.80. The lowest BCUT2D eigenvalue weighted by Crippen LogP contribution is -2.54. The van der Waals surface area contributed by atoms with Crippen LogP contribution in [0.15, 0.2) is 0 Å². The Balaban J connectivity index is 4.38. The molecule has 0 saturated carbocycles. The van der Waals surface area contributed by atoms with Crippen molar-refractivity contribution >= 4 is 5.91 Å². The SMILES string of the molecule is CCCN(CC(=O)NCCOC)C(C)(CC)CN. The van der Waals surface area contributed by atoms with Crippen LogP contribution >= 0.6 is 0 Å². The monoisotopic (exact) mass is 259 g/mol. The molecule has 1 amide bonds. The van der Waals surface area contributed by atoms with Gasteiger partial charge in [0.25, 0.3) is 0 Å². The number of ether oxygens (including phenoxy) is 1. The number of carbonyl (C=O) groups is 1. The smallest absolute Gasteiger partial charge is 0.234 e. The first-order valence-corrected chi connectivity index (χ1v) is 6.74.